The highest BCUT2D eigenvalue weighted by atomic mass is 35.5. The molecule has 4 heterocycles. The summed E-state index contributed by atoms with van der Waals surface area (Å²) in [5.74, 6) is 0.785. The van der Waals surface area contributed by atoms with Gasteiger partial charge in [-0.15, -0.1) is 11.3 Å². The Balaban J connectivity index is 1.34. The van der Waals surface area contributed by atoms with Crippen molar-refractivity contribution < 1.29 is 9.53 Å². The third kappa shape index (κ3) is 4.55. The van der Waals surface area contributed by atoms with Crippen LogP contribution in [0.1, 0.15) is 16.6 Å². The molecule has 4 rings (SSSR count). The van der Waals surface area contributed by atoms with Crippen LogP contribution in [-0.2, 0) is 11.3 Å². The lowest BCUT2D eigenvalue weighted by atomic mass is 10.1. The normalized spacial score (nSPS) is 20.7. The number of carbonyl (C=O) groups is 1. The Kier molecular flexibility index (Phi) is 5.82. The molecule has 1 atom stereocenters. The van der Waals surface area contributed by atoms with Gasteiger partial charge in [0.05, 0.1) is 35.8 Å². The van der Waals surface area contributed by atoms with Crippen LogP contribution in [0, 0.1) is 0 Å². The molecule has 1 unspecified atom stereocenters. The van der Waals surface area contributed by atoms with Crippen LogP contribution in [0.25, 0.3) is 0 Å². The number of nitrogens with zero attached hydrogens (tertiary/aromatic N) is 3. The first-order chi connectivity index (χ1) is 13.2. The van der Waals surface area contributed by atoms with Crippen molar-refractivity contribution in [3.8, 4) is 0 Å². The Morgan fingerprint density at radius 3 is 2.96 bits per heavy atom. The number of piperazine rings is 1. The van der Waals surface area contributed by atoms with E-state index >= 15 is 0 Å². The van der Waals surface area contributed by atoms with Gasteiger partial charge in [0.25, 0.3) is 0 Å². The summed E-state index contributed by atoms with van der Waals surface area (Å²) in [6.45, 7) is 5.34. The van der Waals surface area contributed by atoms with E-state index in [1.165, 1.54) is 0 Å². The average Bonchev–Trinajstić information content (AvgIpc) is 3.35. The lowest BCUT2D eigenvalue weighted by Crippen LogP contribution is -2.54. The number of thiophene rings is 1. The summed E-state index contributed by atoms with van der Waals surface area (Å²) in [6, 6.07) is 6.03. The van der Waals surface area contributed by atoms with E-state index in [-0.39, 0.29) is 12.1 Å². The molecule has 0 aromatic carbocycles. The topological polar surface area (TPSA) is 85.5 Å². The zero-order valence-electron chi connectivity index (χ0n) is 14.9. The summed E-state index contributed by atoms with van der Waals surface area (Å²) >= 11 is 7.51. The van der Waals surface area contributed by atoms with E-state index in [1.807, 2.05) is 28.0 Å². The molecule has 2 aromatic rings. The highest BCUT2D eigenvalue weighted by Gasteiger charge is 2.29. The molecule has 27 heavy (non-hydrogen) atoms. The van der Waals surface area contributed by atoms with Gasteiger partial charge >= 0.3 is 6.03 Å². The van der Waals surface area contributed by atoms with Crippen molar-refractivity contribution in [1.82, 2.24) is 25.3 Å². The van der Waals surface area contributed by atoms with Gasteiger partial charge in [-0.2, -0.15) is 5.10 Å². The van der Waals surface area contributed by atoms with Crippen molar-refractivity contribution in [2.24, 2.45) is 0 Å². The number of nitrogens with one attached hydrogen (secondary N) is 3. The second kappa shape index (κ2) is 8.47. The number of urea groups is 1. The standard InChI is InChI=1S/C17H23ClN6O2S/c18-15-2-1-12(27-15)10-20-16-9-13(21-22-16)14-11-24(4-3-19-14)17(25)23-5-7-26-8-6-23/h1-2,9,14,19H,3-8,10-11H2,(H2,20,21,22). The van der Waals surface area contributed by atoms with Crippen molar-refractivity contribution in [3.05, 3.63) is 33.1 Å². The maximum absolute atomic E-state index is 12.7. The fraction of sp³-hybridized carbons (Fsp3) is 0.529. The Morgan fingerprint density at radius 2 is 2.19 bits per heavy atom. The molecule has 0 bridgehead atoms. The molecule has 0 saturated carbocycles. The third-order valence-corrected chi connectivity index (χ3v) is 6.00. The van der Waals surface area contributed by atoms with Gasteiger partial charge in [0.2, 0.25) is 0 Å². The number of aromatic amines is 1. The molecule has 2 amide bonds. The number of ether oxygens (including phenoxy) is 1. The molecule has 2 aliphatic heterocycles. The van der Waals surface area contributed by atoms with Gasteiger partial charge in [0.15, 0.2) is 0 Å². The maximum atomic E-state index is 12.7. The predicted octanol–water partition coefficient (Wildman–Crippen LogP) is 2.14. The molecule has 0 aliphatic carbocycles. The van der Waals surface area contributed by atoms with Gasteiger partial charge in [0.1, 0.15) is 5.82 Å². The highest BCUT2D eigenvalue weighted by Crippen LogP contribution is 2.23. The Morgan fingerprint density at radius 1 is 1.33 bits per heavy atom. The van der Waals surface area contributed by atoms with Crippen LogP contribution in [0.15, 0.2) is 18.2 Å². The summed E-state index contributed by atoms with van der Waals surface area (Å²) in [5, 5.41) is 14.2. The van der Waals surface area contributed by atoms with Crippen molar-refractivity contribution >= 4 is 34.8 Å². The molecule has 10 heteroatoms. The van der Waals surface area contributed by atoms with Crippen LogP contribution >= 0.6 is 22.9 Å². The third-order valence-electron chi connectivity index (χ3n) is 4.77. The molecular formula is C17H23ClN6O2S. The lowest BCUT2D eigenvalue weighted by Gasteiger charge is -2.37. The summed E-state index contributed by atoms with van der Waals surface area (Å²) in [7, 11) is 0. The second-order valence-electron chi connectivity index (χ2n) is 6.60. The SMILES string of the molecule is O=C(N1CCOCC1)N1CCNC(c2cc(NCc3ccc(Cl)s3)n[nH]2)C1. The molecule has 2 aromatic heterocycles. The molecule has 0 spiro atoms. The second-order valence-corrected chi connectivity index (χ2v) is 8.40. The first kappa shape index (κ1) is 18.5. The predicted molar refractivity (Wildman–Crippen MR) is 105 cm³/mol. The van der Waals surface area contributed by atoms with Gasteiger partial charge in [-0.25, -0.2) is 4.79 Å². The van der Waals surface area contributed by atoms with E-state index in [2.05, 4.69) is 20.8 Å². The molecule has 3 N–H and O–H groups in total. The number of carbonyl (C=O) groups excluding carboxylic acids is 1. The van der Waals surface area contributed by atoms with Crippen LogP contribution in [0.5, 0.6) is 0 Å². The fourth-order valence-electron chi connectivity index (χ4n) is 3.32. The number of H-pyrrole nitrogens is 1. The zero-order chi connectivity index (χ0) is 18.6. The van der Waals surface area contributed by atoms with E-state index in [9.17, 15) is 4.79 Å². The van der Waals surface area contributed by atoms with Crippen LogP contribution < -0.4 is 10.6 Å². The van der Waals surface area contributed by atoms with Gasteiger partial charge in [-0.3, -0.25) is 5.10 Å². The Bertz CT molecular complexity index is 775. The van der Waals surface area contributed by atoms with Gasteiger partial charge in [0, 0.05) is 43.7 Å². The van der Waals surface area contributed by atoms with E-state index in [1.54, 1.807) is 11.3 Å². The van der Waals surface area contributed by atoms with Gasteiger partial charge in [-0.1, -0.05) is 11.6 Å². The summed E-state index contributed by atoms with van der Waals surface area (Å²) in [6.07, 6.45) is 0. The number of aromatic nitrogens is 2. The molecular weight excluding hydrogens is 388 g/mol. The highest BCUT2D eigenvalue weighted by molar-refractivity contribution is 7.16. The van der Waals surface area contributed by atoms with E-state index in [0.717, 1.165) is 27.3 Å². The molecule has 2 fully saturated rings. The Labute approximate surface area is 166 Å². The number of rotatable bonds is 4. The van der Waals surface area contributed by atoms with Gasteiger partial charge in [-0.05, 0) is 12.1 Å². The number of morpholine rings is 1. The van der Waals surface area contributed by atoms with Crippen LogP contribution in [-0.4, -0.2) is 72.0 Å². The lowest BCUT2D eigenvalue weighted by molar-refractivity contribution is 0.0406. The number of hydrogen-bond acceptors (Lipinski definition) is 6. The van der Waals surface area contributed by atoms with Crippen molar-refractivity contribution in [2.45, 2.75) is 12.6 Å². The average molecular weight is 411 g/mol. The first-order valence-electron chi connectivity index (χ1n) is 9.07. The van der Waals surface area contributed by atoms with E-state index in [4.69, 9.17) is 16.3 Å². The number of halogens is 1. The molecule has 2 saturated heterocycles. The van der Waals surface area contributed by atoms with Gasteiger partial charge < -0.3 is 25.2 Å². The van der Waals surface area contributed by atoms with Crippen LogP contribution in [0.2, 0.25) is 4.34 Å². The quantitative estimate of drug-likeness (QED) is 0.719. The van der Waals surface area contributed by atoms with Crippen LogP contribution in [0.4, 0.5) is 10.6 Å². The maximum Gasteiger partial charge on any atom is 0.320 e. The largest absolute Gasteiger partial charge is 0.378 e. The minimum atomic E-state index is 0.0444. The summed E-state index contributed by atoms with van der Waals surface area (Å²) in [4.78, 5) is 17.7. The number of hydrogen-bond donors (Lipinski definition) is 3. The van der Waals surface area contributed by atoms with E-state index in [0.29, 0.717) is 45.9 Å². The summed E-state index contributed by atoms with van der Waals surface area (Å²) in [5.41, 5.74) is 0.973. The fourth-order valence-corrected chi connectivity index (χ4v) is 4.34. The monoisotopic (exact) mass is 410 g/mol. The molecule has 2 aliphatic rings. The minimum Gasteiger partial charge on any atom is -0.378 e. The molecule has 0 radical (unpaired) electrons. The summed E-state index contributed by atoms with van der Waals surface area (Å²) < 4.78 is 6.12. The first-order valence-corrected chi connectivity index (χ1v) is 10.3. The smallest absolute Gasteiger partial charge is 0.320 e. The Hall–Kier alpha value is -1.81. The molecule has 8 nitrogen and oxygen atoms in total. The minimum absolute atomic E-state index is 0.0444. The molecule has 146 valence electrons. The van der Waals surface area contributed by atoms with E-state index < -0.39 is 0 Å². The van der Waals surface area contributed by atoms with Crippen molar-refractivity contribution in [3.63, 3.8) is 0 Å². The zero-order valence-corrected chi connectivity index (χ0v) is 16.5. The number of anilines is 1. The van der Waals surface area contributed by atoms with Crippen molar-refractivity contribution in [1.29, 1.82) is 0 Å². The van der Waals surface area contributed by atoms with Crippen LogP contribution in [0.3, 0.4) is 0 Å². The number of amides is 2. The van der Waals surface area contributed by atoms with Crippen molar-refractivity contribution in [2.75, 3.05) is 51.3 Å².